The summed E-state index contributed by atoms with van der Waals surface area (Å²) in [7, 11) is 5.18. The van der Waals surface area contributed by atoms with Crippen LogP contribution in [0.5, 0.6) is 5.75 Å². The van der Waals surface area contributed by atoms with Crippen LogP contribution in [0.2, 0.25) is 0 Å². The maximum Gasteiger partial charge on any atom is 0.241 e. The van der Waals surface area contributed by atoms with E-state index in [1.54, 1.807) is 26.1 Å². The molecule has 0 heterocycles. The molecule has 3 rings (SSSR count). The fourth-order valence-corrected chi connectivity index (χ4v) is 3.86. The number of nitrogens with zero attached hydrogens (tertiary/aromatic N) is 2. The first-order chi connectivity index (χ1) is 15.0. The highest BCUT2D eigenvalue weighted by molar-refractivity contribution is 14.0. The molecule has 0 spiro atoms. The Morgan fingerprint density at radius 1 is 1.03 bits per heavy atom. The fraction of sp³-hybridized carbons (Fsp3) is 0.440. The minimum atomic E-state index is 0. The first-order valence-electron chi connectivity index (χ1n) is 11.0. The Hall–Kier alpha value is -2.29. The van der Waals surface area contributed by atoms with Gasteiger partial charge in [0.05, 0.1) is 20.2 Å². The monoisotopic (exact) mass is 550 g/mol. The molecule has 6 nitrogen and oxygen atoms in total. The third-order valence-electron chi connectivity index (χ3n) is 5.82. The number of likely N-dealkylation sites (N-methyl/N-ethyl adjacent to an activating group) is 1. The number of guanidine groups is 1. The van der Waals surface area contributed by atoms with Crippen molar-refractivity contribution in [1.29, 1.82) is 0 Å². The number of carbonyl (C=O) groups excluding carboxylic acids is 1. The number of benzene rings is 2. The Bertz CT molecular complexity index is 848. The predicted octanol–water partition coefficient (Wildman–Crippen LogP) is 4.16. The number of hydrogen-bond acceptors (Lipinski definition) is 3. The van der Waals surface area contributed by atoms with Gasteiger partial charge in [0.15, 0.2) is 5.96 Å². The van der Waals surface area contributed by atoms with Crippen molar-refractivity contribution in [2.45, 2.75) is 44.2 Å². The smallest absolute Gasteiger partial charge is 0.241 e. The molecule has 174 valence electrons. The van der Waals surface area contributed by atoms with Gasteiger partial charge in [-0.3, -0.25) is 4.79 Å². The largest absolute Gasteiger partial charge is 0.497 e. The lowest BCUT2D eigenvalue weighted by atomic mass is 9.82. The van der Waals surface area contributed by atoms with Gasteiger partial charge in [0, 0.05) is 20.1 Å². The van der Waals surface area contributed by atoms with Gasteiger partial charge in [-0.25, -0.2) is 4.99 Å². The number of aliphatic imine (C=N–C) groups is 1. The summed E-state index contributed by atoms with van der Waals surface area (Å²) in [6.07, 6.45) is 4.49. The minimum Gasteiger partial charge on any atom is -0.497 e. The van der Waals surface area contributed by atoms with Gasteiger partial charge in [0.2, 0.25) is 5.91 Å². The van der Waals surface area contributed by atoms with Crippen LogP contribution in [0.3, 0.4) is 0 Å². The third-order valence-corrected chi connectivity index (χ3v) is 5.82. The zero-order valence-electron chi connectivity index (χ0n) is 19.2. The van der Waals surface area contributed by atoms with E-state index in [0.717, 1.165) is 37.0 Å². The molecule has 1 fully saturated rings. The quantitative estimate of drug-likeness (QED) is 0.309. The lowest BCUT2D eigenvalue weighted by Gasteiger charge is -2.30. The molecule has 1 amide bonds. The van der Waals surface area contributed by atoms with Crippen LogP contribution in [0.4, 0.5) is 0 Å². The summed E-state index contributed by atoms with van der Waals surface area (Å²) in [4.78, 5) is 18.4. The van der Waals surface area contributed by atoms with Crippen molar-refractivity contribution in [2.24, 2.45) is 4.99 Å². The number of hydrogen-bond donors (Lipinski definition) is 2. The first kappa shape index (κ1) is 26.0. The van der Waals surface area contributed by atoms with Crippen molar-refractivity contribution >= 4 is 35.8 Å². The van der Waals surface area contributed by atoms with Crippen LogP contribution in [-0.4, -0.2) is 50.6 Å². The van der Waals surface area contributed by atoms with Crippen LogP contribution >= 0.6 is 24.0 Å². The van der Waals surface area contributed by atoms with Gasteiger partial charge in [0.1, 0.15) is 5.75 Å². The predicted molar refractivity (Wildman–Crippen MR) is 141 cm³/mol. The molecule has 0 saturated heterocycles. The average Bonchev–Trinajstić information content (AvgIpc) is 2.81. The normalized spacial score (nSPS) is 18.3. The molecule has 2 N–H and O–H groups in total. The van der Waals surface area contributed by atoms with E-state index < -0.39 is 0 Å². The number of amides is 1. The van der Waals surface area contributed by atoms with Gasteiger partial charge in [-0.05, 0) is 54.9 Å². The summed E-state index contributed by atoms with van der Waals surface area (Å²) < 4.78 is 5.22. The Labute approximate surface area is 208 Å². The highest BCUT2D eigenvalue weighted by atomic mass is 127. The van der Waals surface area contributed by atoms with E-state index >= 15 is 0 Å². The molecular weight excluding hydrogens is 515 g/mol. The van der Waals surface area contributed by atoms with E-state index in [1.165, 1.54) is 5.56 Å². The zero-order valence-corrected chi connectivity index (χ0v) is 21.5. The number of methoxy groups -OCH3 is 1. The third kappa shape index (κ3) is 8.00. The number of carbonyl (C=O) groups is 1. The summed E-state index contributed by atoms with van der Waals surface area (Å²) in [6, 6.07) is 19.0. The minimum absolute atomic E-state index is 0. The number of rotatable bonds is 7. The SMILES string of the molecule is COc1ccc(CN=C(NCC(=O)N(C)C)NC2CCC(c3ccccc3)CC2)cc1.I. The second-order valence-corrected chi connectivity index (χ2v) is 8.26. The van der Waals surface area contributed by atoms with E-state index in [9.17, 15) is 4.79 Å². The van der Waals surface area contributed by atoms with Gasteiger partial charge >= 0.3 is 0 Å². The van der Waals surface area contributed by atoms with Gasteiger partial charge in [-0.2, -0.15) is 0 Å². The van der Waals surface area contributed by atoms with Crippen molar-refractivity contribution < 1.29 is 9.53 Å². The summed E-state index contributed by atoms with van der Waals surface area (Å²) >= 11 is 0. The van der Waals surface area contributed by atoms with Crippen LogP contribution in [0.25, 0.3) is 0 Å². The van der Waals surface area contributed by atoms with Gasteiger partial charge in [0.25, 0.3) is 0 Å². The summed E-state index contributed by atoms with van der Waals surface area (Å²) in [6.45, 7) is 0.760. The molecular formula is C25H35IN4O2. The van der Waals surface area contributed by atoms with E-state index in [1.807, 2.05) is 24.3 Å². The maximum atomic E-state index is 12.1. The molecule has 0 bridgehead atoms. The van der Waals surface area contributed by atoms with Crippen molar-refractivity contribution in [3.05, 3.63) is 65.7 Å². The molecule has 7 heteroatoms. The van der Waals surface area contributed by atoms with Crippen LogP contribution in [0.1, 0.15) is 42.7 Å². The standard InChI is InChI=1S/C25H34N4O2.HI/c1-29(2)24(30)18-27-25(26-17-19-9-15-23(31-3)16-10-19)28-22-13-11-21(12-14-22)20-7-5-4-6-8-20;/h4-10,15-16,21-22H,11-14,17-18H2,1-3H3,(H2,26,27,28);1H. The molecule has 0 aliphatic heterocycles. The van der Waals surface area contributed by atoms with Crippen molar-refractivity contribution in [3.8, 4) is 5.75 Å². The molecule has 2 aromatic rings. The van der Waals surface area contributed by atoms with Gasteiger partial charge in [-0.1, -0.05) is 42.5 Å². The molecule has 0 radical (unpaired) electrons. The van der Waals surface area contributed by atoms with E-state index in [4.69, 9.17) is 9.73 Å². The molecule has 0 aromatic heterocycles. The van der Waals surface area contributed by atoms with E-state index in [-0.39, 0.29) is 36.4 Å². The highest BCUT2D eigenvalue weighted by Crippen LogP contribution is 2.32. The van der Waals surface area contributed by atoms with Crippen molar-refractivity contribution in [1.82, 2.24) is 15.5 Å². The topological polar surface area (TPSA) is 66.0 Å². The molecule has 0 unspecified atom stereocenters. The van der Waals surface area contributed by atoms with E-state index in [2.05, 4.69) is 41.0 Å². The Morgan fingerprint density at radius 2 is 1.69 bits per heavy atom. The van der Waals surface area contributed by atoms with Gasteiger partial charge in [-0.15, -0.1) is 24.0 Å². The van der Waals surface area contributed by atoms with Crippen LogP contribution in [0.15, 0.2) is 59.6 Å². The second-order valence-electron chi connectivity index (χ2n) is 8.26. The number of ether oxygens (including phenoxy) is 1. The lowest BCUT2D eigenvalue weighted by molar-refractivity contribution is -0.127. The summed E-state index contributed by atoms with van der Waals surface area (Å²) in [5.74, 6) is 2.17. The lowest BCUT2D eigenvalue weighted by Crippen LogP contribution is -2.47. The zero-order chi connectivity index (χ0) is 22.1. The Balaban J connectivity index is 0.00000363. The van der Waals surface area contributed by atoms with Crippen LogP contribution in [0, 0.1) is 0 Å². The average molecular weight is 550 g/mol. The molecule has 1 aliphatic carbocycles. The molecule has 2 aromatic carbocycles. The second kappa shape index (κ2) is 13.3. The molecule has 0 atom stereocenters. The van der Waals surface area contributed by atoms with Gasteiger partial charge < -0.3 is 20.3 Å². The summed E-state index contributed by atoms with van der Waals surface area (Å²) in [5.41, 5.74) is 2.53. The maximum absolute atomic E-state index is 12.1. The van der Waals surface area contributed by atoms with Crippen molar-refractivity contribution in [2.75, 3.05) is 27.7 Å². The highest BCUT2D eigenvalue weighted by Gasteiger charge is 2.23. The van der Waals surface area contributed by atoms with Crippen LogP contribution < -0.4 is 15.4 Å². The number of nitrogens with one attached hydrogen (secondary N) is 2. The van der Waals surface area contributed by atoms with Crippen LogP contribution in [-0.2, 0) is 11.3 Å². The number of halogens is 1. The van der Waals surface area contributed by atoms with Crippen molar-refractivity contribution in [3.63, 3.8) is 0 Å². The molecule has 32 heavy (non-hydrogen) atoms. The Kier molecular flexibility index (Phi) is 10.8. The first-order valence-corrected chi connectivity index (χ1v) is 11.0. The fourth-order valence-electron chi connectivity index (χ4n) is 3.86. The summed E-state index contributed by atoms with van der Waals surface area (Å²) in [5, 5.41) is 6.77. The Morgan fingerprint density at radius 3 is 2.28 bits per heavy atom. The van der Waals surface area contributed by atoms with E-state index in [0.29, 0.717) is 24.5 Å². The molecule has 1 saturated carbocycles. The molecule has 1 aliphatic rings.